The summed E-state index contributed by atoms with van der Waals surface area (Å²) in [5.74, 6) is 0.923. The summed E-state index contributed by atoms with van der Waals surface area (Å²) in [4.78, 5) is 0. The van der Waals surface area contributed by atoms with Crippen molar-refractivity contribution in [2.24, 2.45) is 0 Å². The molecular weight excluding hydrogens is 359 g/mol. The van der Waals surface area contributed by atoms with Crippen molar-refractivity contribution in [2.75, 3.05) is 6.61 Å². The van der Waals surface area contributed by atoms with E-state index in [2.05, 4.69) is 46.9 Å². The molecular formula is C15H14ClIO. The van der Waals surface area contributed by atoms with Crippen molar-refractivity contribution in [3.05, 3.63) is 62.2 Å². The van der Waals surface area contributed by atoms with Gasteiger partial charge in [0.1, 0.15) is 5.75 Å². The zero-order chi connectivity index (χ0) is 13.0. The highest BCUT2D eigenvalue weighted by molar-refractivity contribution is 14.1. The van der Waals surface area contributed by atoms with Crippen LogP contribution in [0.5, 0.6) is 5.75 Å². The third-order valence-electron chi connectivity index (χ3n) is 2.63. The molecule has 0 bridgehead atoms. The van der Waals surface area contributed by atoms with Gasteiger partial charge in [-0.3, -0.25) is 0 Å². The number of halogens is 2. The van der Waals surface area contributed by atoms with Gasteiger partial charge in [0.15, 0.2) is 0 Å². The lowest BCUT2D eigenvalue weighted by Gasteiger charge is -2.06. The summed E-state index contributed by atoms with van der Waals surface area (Å²) in [7, 11) is 0. The van der Waals surface area contributed by atoms with Crippen LogP contribution in [0.1, 0.15) is 18.1 Å². The van der Waals surface area contributed by atoms with E-state index < -0.39 is 0 Å². The SMILES string of the molecule is CCOc1ccc(Cc2ccc(Cl)c(I)c2)cc1. The van der Waals surface area contributed by atoms with Crippen molar-refractivity contribution in [3.8, 4) is 5.75 Å². The Balaban J connectivity index is 2.10. The topological polar surface area (TPSA) is 9.23 Å². The Labute approximate surface area is 126 Å². The molecule has 0 saturated heterocycles. The highest BCUT2D eigenvalue weighted by Crippen LogP contribution is 2.21. The molecule has 0 aliphatic carbocycles. The molecule has 0 aliphatic heterocycles. The molecule has 0 aliphatic rings. The van der Waals surface area contributed by atoms with Crippen LogP contribution in [-0.2, 0) is 6.42 Å². The number of hydrogen-bond donors (Lipinski definition) is 0. The van der Waals surface area contributed by atoms with Crippen LogP contribution >= 0.6 is 34.2 Å². The van der Waals surface area contributed by atoms with Gasteiger partial charge >= 0.3 is 0 Å². The van der Waals surface area contributed by atoms with Gasteiger partial charge < -0.3 is 4.74 Å². The Morgan fingerprint density at radius 2 is 1.72 bits per heavy atom. The van der Waals surface area contributed by atoms with Crippen LogP contribution in [0.25, 0.3) is 0 Å². The second kappa shape index (κ2) is 6.43. The first-order chi connectivity index (χ1) is 8.69. The van der Waals surface area contributed by atoms with Gasteiger partial charge in [-0.15, -0.1) is 0 Å². The van der Waals surface area contributed by atoms with E-state index in [0.29, 0.717) is 6.61 Å². The molecule has 3 heteroatoms. The lowest BCUT2D eigenvalue weighted by molar-refractivity contribution is 0.340. The summed E-state index contributed by atoms with van der Waals surface area (Å²) in [6, 6.07) is 14.4. The molecule has 1 nitrogen and oxygen atoms in total. The molecule has 0 atom stereocenters. The molecule has 0 fully saturated rings. The average molecular weight is 373 g/mol. The van der Waals surface area contributed by atoms with E-state index in [1.54, 1.807) is 0 Å². The lowest BCUT2D eigenvalue weighted by Crippen LogP contribution is -1.93. The predicted molar refractivity (Wildman–Crippen MR) is 84.6 cm³/mol. The quantitative estimate of drug-likeness (QED) is 0.691. The first-order valence-corrected chi connectivity index (χ1v) is 7.30. The Kier molecular flexibility index (Phi) is 4.89. The van der Waals surface area contributed by atoms with Gasteiger partial charge in [0.25, 0.3) is 0 Å². The minimum absolute atomic E-state index is 0.703. The summed E-state index contributed by atoms with van der Waals surface area (Å²) < 4.78 is 6.52. The molecule has 0 amide bonds. The van der Waals surface area contributed by atoms with Gasteiger partial charge in [-0.25, -0.2) is 0 Å². The highest BCUT2D eigenvalue weighted by atomic mass is 127. The van der Waals surface area contributed by atoms with E-state index >= 15 is 0 Å². The molecule has 2 aromatic rings. The Hall–Kier alpha value is -0.740. The van der Waals surface area contributed by atoms with Crippen LogP contribution < -0.4 is 4.74 Å². The van der Waals surface area contributed by atoms with E-state index in [4.69, 9.17) is 16.3 Å². The van der Waals surface area contributed by atoms with Gasteiger partial charge in [0.05, 0.1) is 11.6 Å². The van der Waals surface area contributed by atoms with E-state index in [-0.39, 0.29) is 0 Å². The predicted octanol–water partition coefficient (Wildman–Crippen LogP) is 4.93. The number of rotatable bonds is 4. The first-order valence-electron chi connectivity index (χ1n) is 5.84. The van der Waals surface area contributed by atoms with Crippen molar-refractivity contribution in [1.29, 1.82) is 0 Å². The van der Waals surface area contributed by atoms with E-state index in [9.17, 15) is 0 Å². The van der Waals surface area contributed by atoms with Crippen molar-refractivity contribution in [1.82, 2.24) is 0 Å². The van der Waals surface area contributed by atoms with Crippen LogP contribution in [0.3, 0.4) is 0 Å². The van der Waals surface area contributed by atoms with E-state index in [1.807, 2.05) is 25.1 Å². The molecule has 94 valence electrons. The Morgan fingerprint density at radius 3 is 2.33 bits per heavy atom. The summed E-state index contributed by atoms with van der Waals surface area (Å²) in [6.45, 7) is 2.69. The minimum atomic E-state index is 0.703. The van der Waals surface area contributed by atoms with Crippen LogP contribution in [0.15, 0.2) is 42.5 Å². The van der Waals surface area contributed by atoms with Crippen molar-refractivity contribution >= 4 is 34.2 Å². The molecule has 0 aromatic heterocycles. The second-order valence-corrected chi connectivity index (χ2v) is 5.57. The average Bonchev–Trinajstić information content (AvgIpc) is 2.37. The second-order valence-electron chi connectivity index (χ2n) is 4.00. The summed E-state index contributed by atoms with van der Waals surface area (Å²) in [6.07, 6.45) is 0.916. The molecule has 0 N–H and O–H groups in total. The maximum absolute atomic E-state index is 6.02. The van der Waals surface area contributed by atoms with E-state index in [1.165, 1.54) is 11.1 Å². The maximum atomic E-state index is 6.02. The minimum Gasteiger partial charge on any atom is -0.494 e. The zero-order valence-corrected chi connectivity index (χ0v) is 13.0. The molecule has 0 spiro atoms. The fourth-order valence-corrected chi connectivity index (χ4v) is 2.45. The normalized spacial score (nSPS) is 10.4. The first kappa shape index (κ1) is 13.7. The van der Waals surface area contributed by atoms with Gasteiger partial charge in [-0.1, -0.05) is 29.8 Å². The molecule has 0 unspecified atom stereocenters. The third-order valence-corrected chi connectivity index (χ3v) is 4.17. The highest BCUT2D eigenvalue weighted by Gasteiger charge is 2.01. The zero-order valence-electron chi connectivity index (χ0n) is 10.1. The van der Waals surface area contributed by atoms with E-state index in [0.717, 1.165) is 20.8 Å². The monoisotopic (exact) mass is 372 g/mol. The van der Waals surface area contributed by atoms with Gasteiger partial charge in [-0.05, 0) is 71.3 Å². The molecule has 0 radical (unpaired) electrons. The van der Waals surface area contributed by atoms with Crippen molar-refractivity contribution in [3.63, 3.8) is 0 Å². The number of hydrogen-bond acceptors (Lipinski definition) is 1. The van der Waals surface area contributed by atoms with Crippen LogP contribution in [0, 0.1) is 3.57 Å². The molecule has 2 aromatic carbocycles. The molecule has 0 heterocycles. The third kappa shape index (κ3) is 3.62. The summed E-state index contributed by atoms with van der Waals surface area (Å²) in [5.41, 5.74) is 2.55. The standard InChI is InChI=1S/C15H14ClIO/c1-2-18-13-6-3-11(4-7-13)9-12-5-8-14(16)15(17)10-12/h3-8,10H,2,9H2,1H3. The summed E-state index contributed by atoms with van der Waals surface area (Å²) >= 11 is 8.27. The Morgan fingerprint density at radius 1 is 1.06 bits per heavy atom. The number of ether oxygens (including phenoxy) is 1. The Bertz CT molecular complexity index is 523. The molecule has 18 heavy (non-hydrogen) atoms. The van der Waals surface area contributed by atoms with Crippen molar-refractivity contribution in [2.45, 2.75) is 13.3 Å². The molecule has 2 rings (SSSR count). The fourth-order valence-electron chi connectivity index (χ4n) is 1.76. The van der Waals surface area contributed by atoms with Crippen LogP contribution in [-0.4, -0.2) is 6.61 Å². The summed E-state index contributed by atoms with van der Waals surface area (Å²) in [5, 5.41) is 0.811. The molecule has 0 saturated carbocycles. The van der Waals surface area contributed by atoms with Crippen molar-refractivity contribution < 1.29 is 4.74 Å². The van der Waals surface area contributed by atoms with Gasteiger partial charge in [-0.2, -0.15) is 0 Å². The largest absolute Gasteiger partial charge is 0.494 e. The van der Waals surface area contributed by atoms with Gasteiger partial charge in [0, 0.05) is 3.57 Å². The fraction of sp³-hybridized carbons (Fsp3) is 0.200. The van der Waals surface area contributed by atoms with Crippen LogP contribution in [0.2, 0.25) is 5.02 Å². The van der Waals surface area contributed by atoms with Crippen LogP contribution in [0.4, 0.5) is 0 Å². The smallest absolute Gasteiger partial charge is 0.119 e. The number of benzene rings is 2. The lowest BCUT2D eigenvalue weighted by atomic mass is 10.1. The maximum Gasteiger partial charge on any atom is 0.119 e. The van der Waals surface area contributed by atoms with Gasteiger partial charge in [0.2, 0.25) is 0 Å².